The zero-order valence-electron chi connectivity index (χ0n) is 16.5. The van der Waals surface area contributed by atoms with Crippen LogP contribution in [0.15, 0.2) is 0 Å². The van der Waals surface area contributed by atoms with Crippen molar-refractivity contribution in [3.05, 3.63) is 0 Å². The van der Waals surface area contributed by atoms with Crippen molar-refractivity contribution >= 4 is 41.5 Å². The van der Waals surface area contributed by atoms with Gasteiger partial charge in [0.15, 0.2) is 0 Å². The highest BCUT2D eigenvalue weighted by Crippen LogP contribution is 2.03. The molecule has 0 aliphatic rings. The Kier molecular flexibility index (Phi) is 11.2. The molecule has 0 fully saturated rings. The van der Waals surface area contributed by atoms with Crippen LogP contribution in [0.2, 0.25) is 0 Å². The minimum absolute atomic E-state index is 0.486. The molecule has 0 bridgehead atoms. The van der Waals surface area contributed by atoms with Gasteiger partial charge in [0.25, 0.3) is 0 Å². The number of primary amides is 1. The van der Waals surface area contributed by atoms with Crippen molar-refractivity contribution in [3.8, 4) is 0 Å². The Hall–Kier alpha value is -3.75. The van der Waals surface area contributed by atoms with Gasteiger partial charge in [0.2, 0.25) is 23.6 Å². The molecule has 0 saturated heterocycles. The van der Waals surface area contributed by atoms with Crippen molar-refractivity contribution in [2.45, 2.75) is 56.8 Å². The van der Waals surface area contributed by atoms with E-state index in [1.165, 1.54) is 6.92 Å². The van der Waals surface area contributed by atoms with Crippen LogP contribution in [-0.2, 0) is 33.6 Å². The summed E-state index contributed by atoms with van der Waals surface area (Å²) < 4.78 is 0. The summed E-state index contributed by atoms with van der Waals surface area (Å²) in [4.78, 5) is 80.6. The summed E-state index contributed by atoms with van der Waals surface area (Å²) in [5.74, 6) is -8.63. The number of rotatable bonds is 14. The van der Waals surface area contributed by atoms with Gasteiger partial charge in [0.05, 0.1) is 18.9 Å². The van der Waals surface area contributed by atoms with Gasteiger partial charge >= 0.3 is 17.9 Å². The topological polar surface area (TPSA) is 268 Å². The number of aliphatic carboxylic acids is 3. The van der Waals surface area contributed by atoms with Crippen molar-refractivity contribution in [2.24, 2.45) is 11.5 Å². The summed E-state index contributed by atoms with van der Waals surface area (Å²) in [6.07, 6.45) is -2.75. The van der Waals surface area contributed by atoms with Crippen LogP contribution in [0.5, 0.6) is 0 Å². The second kappa shape index (κ2) is 12.7. The predicted molar refractivity (Wildman–Crippen MR) is 100 cm³/mol. The third-order valence-corrected chi connectivity index (χ3v) is 3.73. The molecular weight excluding hydrogens is 422 g/mol. The van der Waals surface area contributed by atoms with Gasteiger partial charge in [-0.15, -0.1) is 0 Å². The Morgan fingerprint density at radius 2 is 1.19 bits per heavy atom. The van der Waals surface area contributed by atoms with Gasteiger partial charge in [-0.1, -0.05) is 0 Å². The number of nitrogens with one attached hydrogen (secondary N) is 3. The van der Waals surface area contributed by atoms with Crippen LogP contribution < -0.4 is 27.4 Å². The Morgan fingerprint density at radius 3 is 1.58 bits per heavy atom. The van der Waals surface area contributed by atoms with Gasteiger partial charge in [-0.25, -0.2) is 4.79 Å². The maximum atomic E-state index is 12.4. The molecule has 0 aromatic rings. The summed E-state index contributed by atoms with van der Waals surface area (Å²) in [5.41, 5.74) is 10.4. The average molecular weight is 447 g/mol. The molecule has 4 atom stereocenters. The van der Waals surface area contributed by atoms with E-state index in [-0.39, 0.29) is 0 Å². The van der Waals surface area contributed by atoms with Crippen molar-refractivity contribution < 1.29 is 48.9 Å². The highest BCUT2D eigenvalue weighted by Gasteiger charge is 2.32. The number of amides is 4. The largest absolute Gasteiger partial charge is 0.481 e. The number of carboxylic acids is 3. The van der Waals surface area contributed by atoms with Gasteiger partial charge in [-0.2, -0.15) is 0 Å². The number of hydrogen-bond acceptors (Lipinski definition) is 8. The molecule has 4 unspecified atom stereocenters. The van der Waals surface area contributed by atoms with Crippen LogP contribution in [0.1, 0.15) is 32.6 Å². The molecule has 0 spiro atoms. The van der Waals surface area contributed by atoms with Crippen molar-refractivity contribution in [1.82, 2.24) is 16.0 Å². The van der Waals surface area contributed by atoms with Gasteiger partial charge in [0.1, 0.15) is 18.1 Å². The number of carboxylic acid groups (broad SMARTS) is 3. The molecule has 0 saturated carbocycles. The molecule has 10 N–H and O–H groups in total. The summed E-state index contributed by atoms with van der Waals surface area (Å²) in [6, 6.07) is -6.12. The van der Waals surface area contributed by atoms with E-state index in [1.54, 1.807) is 0 Å². The molecule has 15 nitrogen and oxygen atoms in total. The first-order valence-corrected chi connectivity index (χ1v) is 8.86. The van der Waals surface area contributed by atoms with Crippen LogP contribution >= 0.6 is 0 Å². The van der Waals surface area contributed by atoms with E-state index in [4.69, 9.17) is 26.8 Å². The fourth-order valence-electron chi connectivity index (χ4n) is 2.17. The Labute approximate surface area is 175 Å². The van der Waals surface area contributed by atoms with E-state index in [9.17, 15) is 33.6 Å². The quantitative estimate of drug-likeness (QED) is 0.127. The Balaban J connectivity index is 5.47. The molecule has 0 radical (unpaired) electrons. The second-order valence-corrected chi connectivity index (χ2v) is 6.51. The van der Waals surface area contributed by atoms with Gasteiger partial charge in [-0.05, 0) is 13.3 Å². The van der Waals surface area contributed by atoms with Gasteiger partial charge in [-0.3, -0.25) is 28.8 Å². The fourth-order valence-corrected chi connectivity index (χ4v) is 2.17. The molecule has 15 heteroatoms. The highest BCUT2D eigenvalue weighted by molar-refractivity contribution is 5.97. The van der Waals surface area contributed by atoms with E-state index in [0.717, 1.165) is 0 Å². The molecule has 0 rings (SSSR count). The van der Waals surface area contributed by atoms with E-state index in [1.807, 2.05) is 10.6 Å². The number of carbonyl (C=O) groups is 7. The van der Waals surface area contributed by atoms with E-state index in [2.05, 4.69) is 5.32 Å². The number of nitrogens with two attached hydrogens (primary N) is 2. The first-order chi connectivity index (χ1) is 14.2. The number of carbonyl (C=O) groups excluding carboxylic acids is 4. The molecule has 4 amide bonds. The minimum Gasteiger partial charge on any atom is -0.481 e. The monoisotopic (exact) mass is 447 g/mol. The van der Waals surface area contributed by atoms with Crippen LogP contribution in [0, 0.1) is 0 Å². The number of hydrogen-bond donors (Lipinski definition) is 8. The maximum Gasteiger partial charge on any atom is 0.326 e. The molecule has 31 heavy (non-hydrogen) atoms. The SMILES string of the molecule is CC(N)C(=O)NC(CC(=O)O)C(=O)NC(CC(N)=O)C(=O)NC(CCC(=O)O)C(=O)O. The lowest BCUT2D eigenvalue weighted by molar-refractivity contribution is -0.144. The molecular formula is C16H25N5O10. The molecule has 0 aliphatic heterocycles. The van der Waals surface area contributed by atoms with Crippen LogP contribution in [0.25, 0.3) is 0 Å². The lowest BCUT2D eigenvalue weighted by atomic mass is 10.1. The van der Waals surface area contributed by atoms with Gasteiger partial charge in [0, 0.05) is 6.42 Å². The summed E-state index contributed by atoms with van der Waals surface area (Å²) >= 11 is 0. The zero-order valence-corrected chi connectivity index (χ0v) is 16.5. The second-order valence-electron chi connectivity index (χ2n) is 6.51. The van der Waals surface area contributed by atoms with Crippen LogP contribution in [-0.4, -0.2) is 81.0 Å². The van der Waals surface area contributed by atoms with Gasteiger partial charge < -0.3 is 42.7 Å². The standard InChI is InChI=1S/C16H25N5O10/c1-6(17)13(27)20-9(5-12(25)26)15(29)21-8(4-10(18)22)14(28)19-7(16(30)31)2-3-11(23)24/h6-9H,2-5,17H2,1H3,(H2,18,22)(H,19,28)(H,20,27)(H,21,29)(H,23,24)(H,25,26)(H,30,31). The highest BCUT2D eigenvalue weighted by atomic mass is 16.4. The zero-order chi connectivity index (χ0) is 24.3. The summed E-state index contributed by atoms with van der Waals surface area (Å²) in [6.45, 7) is 1.28. The smallest absolute Gasteiger partial charge is 0.326 e. The minimum atomic E-state index is -1.72. The average Bonchev–Trinajstić information content (AvgIpc) is 2.62. The molecule has 0 aliphatic carbocycles. The van der Waals surface area contributed by atoms with Crippen LogP contribution in [0.4, 0.5) is 0 Å². The summed E-state index contributed by atoms with van der Waals surface area (Å²) in [7, 11) is 0. The molecule has 0 heterocycles. The third kappa shape index (κ3) is 11.1. The lowest BCUT2D eigenvalue weighted by Crippen LogP contribution is -2.58. The predicted octanol–water partition coefficient (Wildman–Crippen LogP) is -3.91. The van der Waals surface area contributed by atoms with E-state index < -0.39 is 91.4 Å². The van der Waals surface area contributed by atoms with Crippen molar-refractivity contribution in [1.29, 1.82) is 0 Å². The van der Waals surface area contributed by atoms with Crippen molar-refractivity contribution in [3.63, 3.8) is 0 Å². The first-order valence-electron chi connectivity index (χ1n) is 8.86. The van der Waals surface area contributed by atoms with Crippen LogP contribution in [0.3, 0.4) is 0 Å². The molecule has 0 aromatic carbocycles. The third-order valence-electron chi connectivity index (χ3n) is 3.73. The normalized spacial score (nSPS) is 14.3. The Bertz CT molecular complexity index is 738. The first kappa shape index (κ1) is 27.2. The summed E-state index contributed by atoms with van der Waals surface area (Å²) in [5, 5.41) is 32.8. The maximum absolute atomic E-state index is 12.4. The van der Waals surface area contributed by atoms with Crippen molar-refractivity contribution in [2.75, 3.05) is 0 Å². The van der Waals surface area contributed by atoms with E-state index >= 15 is 0 Å². The van der Waals surface area contributed by atoms with E-state index in [0.29, 0.717) is 0 Å². The Morgan fingerprint density at radius 1 is 0.742 bits per heavy atom. The molecule has 0 aromatic heterocycles. The fraction of sp³-hybridized carbons (Fsp3) is 0.562. The lowest BCUT2D eigenvalue weighted by Gasteiger charge is -2.23. The molecule has 174 valence electrons.